The van der Waals surface area contributed by atoms with Gasteiger partial charge in [-0.25, -0.2) is 0 Å². The monoisotopic (exact) mass is 171 g/mol. The van der Waals surface area contributed by atoms with Crippen molar-refractivity contribution in [3.63, 3.8) is 0 Å². The summed E-state index contributed by atoms with van der Waals surface area (Å²) < 4.78 is 0. The van der Waals surface area contributed by atoms with E-state index in [2.05, 4.69) is 0 Å². The van der Waals surface area contributed by atoms with Gasteiger partial charge < -0.3 is 0 Å². The summed E-state index contributed by atoms with van der Waals surface area (Å²) >= 11 is 16.0. The molecule has 0 amide bonds. The predicted octanol–water partition coefficient (Wildman–Crippen LogP) is 1.96. The Balaban J connectivity index is 3.49. The van der Waals surface area contributed by atoms with Gasteiger partial charge in [0, 0.05) is 5.88 Å². The minimum atomic E-state index is -0.672. The zero-order valence-electron chi connectivity index (χ0n) is 3.94. The second kappa shape index (κ2) is 4.26. The molecule has 0 saturated heterocycles. The molecular formula is C4H4Cl3N. The third kappa shape index (κ3) is 2.61. The second-order valence-electron chi connectivity index (χ2n) is 1.20. The van der Waals surface area contributed by atoms with Crippen LogP contribution in [0.4, 0.5) is 0 Å². The fraction of sp³-hybridized carbons (Fsp3) is 0.750. The minimum Gasteiger partial charge on any atom is -0.197 e. The highest BCUT2D eigenvalue weighted by molar-refractivity contribution is 6.34. The highest BCUT2D eigenvalue weighted by atomic mass is 35.5. The summed E-state index contributed by atoms with van der Waals surface area (Å²) in [6, 6.07) is 1.76. The van der Waals surface area contributed by atoms with Crippen LogP contribution in [0.15, 0.2) is 0 Å². The maximum Gasteiger partial charge on any atom is 0.138 e. The fourth-order valence-electron chi connectivity index (χ4n) is 0.159. The Labute approximate surface area is 63.1 Å². The number of nitriles is 1. The molecule has 0 bridgehead atoms. The van der Waals surface area contributed by atoms with Gasteiger partial charge in [-0.15, -0.1) is 34.8 Å². The summed E-state index contributed by atoms with van der Waals surface area (Å²) in [5.41, 5.74) is 0. The van der Waals surface area contributed by atoms with E-state index in [9.17, 15) is 0 Å². The van der Waals surface area contributed by atoms with Crippen LogP contribution in [0.2, 0.25) is 0 Å². The van der Waals surface area contributed by atoms with Gasteiger partial charge in [-0.05, 0) is 0 Å². The number of halogens is 3. The van der Waals surface area contributed by atoms with E-state index < -0.39 is 10.8 Å². The third-order valence-corrected chi connectivity index (χ3v) is 2.02. The van der Waals surface area contributed by atoms with E-state index in [1.807, 2.05) is 0 Å². The molecule has 8 heavy (non-hydrogen) atoms. The SMILES string of the molecule is N#C[C@H](Cl)[C@@H](Cl)CCl. The Morgan fingerprint density at radius 2 is 2.00 bits per heavy atom. The van der Waals surface area contributed by atoms with E-state index in [-0.39, 0.29) is 5.88 Å². The van der Waals surface area contributed by atoms with Crippen molar-refractivity contribution in [2.45, 2.75) is 10.8 Å². The second-order valence-corrected chi connectivity index (χ2v) is 2.54. The number of hydrogen-bond acceptors (Lipinski definition) is 1. The average molecular weight is 172 g/mol. The van der Waals surface area contributed by atoms with Gasteiger partial charge >= 0.3 is 0 Å². The lowest BCUT2D eigenvalue weighted by Gasteiger charge is -2.01. The van der Waals surface area contributed by atoms with E-state index in [1.54, 1.807) is 6.07 Å². The molecule has 2 atom stereocenters. The quantitative estimate of drug-likeness (QED) is 0.584. The molecule has 0 aromatic rings. The summed E-state index contributed by atoms with van der Waals surface area (Å²) in [6.45, 7) is 0. The van der Waals surface area contributed by atoms with Crippen LogP contribution < -0.4 is 0 Å². The maximum absolute atomic E-state index is 8.11. The molecule has 0 fully saturated rings. The van der Waals surface area contributed by atoms with E-state index in [1.165, 1.54) is 0 Å². The third-order valence-electron chi connectivity index (χ3n) is 0.588. The topological polar surface area (TPSA) is 23.8 Å². The molecule has 0 saturated carbocycles. The number of nitrogens with zero attached hydrogens (tertiary/aromatic N) is 1. The van der Waals surface area contributed by atoms with Gasteiger partial charge in [-0.1, -0.05) is 0 Å². The van der Waals surface area contributed by atoms with Gasteiger partial charge in [0.15, 0.2) is 0 Å². The van der Waals surface area contributed by atoms with E-state index in [4.69, 9.17) is 40.1 Å². The number of hydrogen-bond donors (Lipinski definition) is 0. The van der Waals surface area contributed by atoms with Crippen molar-refractivity contribution in [1.82, 2.24) is 0 Å². The van der Waals surface area contributed by atoms with Gasteiger partial charge in [0.1, 0.15) is 5.38 Å². The van der Waals surface area contributed by atoms with Crippen LogP contribution in [0.3, 0.4) is 0 Å². The molecule has 0 aliphatic rings. The lowest BCUT2D eigenvalue weighted by Crippen LogP contribution is -2.13. The van der Waals surface area contributed by atoms with Crippen LogP contribution >= 0.6 is 34.8 Å². The van der Waals surface area contributed by atoms with Crippen molar-refractivity contribution < 1.29 is 0 Å². The first-order valence-corrected chi connectivity index (χ1v) is 3.36. The highest BCUT2D eigenvalue weighted by Gasteiger charge is 2.13. The van der Waals surface area contributed by atoms with Crippen LogP contribution in [0.5, 0.6) is 0 Å². The molecule has 0 rings (SSSR count). The molecule has 0 aliphatic heterocycles. The van der Waals surface area contributed by atoms with Gasteiger partial charge in [-0.2, -0.15) is 5.26 Å². The summed E-state index contributed by atoms with van der Waals surface area (Å²) in [5, 5.41) is 7.00. The first-order chi connectivity index (χ1) is 3.72. The van der Waals surface area contributed by atoms with Gasteiger partial charge in [-0.3, -0.25) is 0 Å². The smallest absolute Gasteiger partial charge is 0.138 e. The van der Waals surface area contributed by atoms with Gasteiger partial charge in [0.25, 0.3) is 0 Å². The van der Waals surface area contributed by atoms with Crippen molar-refractivity contribution in [2.24, 2.45) is 0 Å². The van der Waals surface area contributed by atoms with E-state index in [0.29, 0.717) is 0 Å². The van der Waals surface area contributed by atoms with E-state index in [0.717, 1.165) is 0 Å². The van der Waals surface area contributed by atoms with Gasteiger partial charge in [0.05, 0.1) is 11.4 Å². The molecule has 0 unspecified atom stereocenters. The molecule has 0 heterocycles. The zero-order chi connectivity index (χ0) is 6.57. The predicted molar refractivity (Wildman–Crippen MR) is 35.6 cm³/mol. The van der Waals surface area contributed by atoms with Crippen LogP contribution in [0.25, 0.3) is 0 Å². The lowest BCUT2D eigenvalue weighted by atomic mass is 10.3. The molecule has 0 radical (unpaired) electrons. The minimum absolute atomic E-state index is 0.212. The lowest BCUT2D eigenvalue weighted by molar-refractivity contribution is 0.993. The Kier molecular flexibility index (Phi) is 4.45. The molecule has 0 N–H and O–H groups in total. The normalized spacial score (nSPS) is 16.8. The van der Waals surface area contributed by atoms with Gasteiger partial charge in [0.2, 0.25) is 0 Å². The van der Waals surface area contributed by atoms with E-state index >= 15 is 0 Å². The Morgan fingerprint density at radius 3 is 2.12 bits per heavy atom. The molecule has 0 aromatic heterocycles. The average Bonchev–Trinajstić information content (AvgIpc) is 1.84. The van der Waals surface area contributed by atoms with Crippen LogP contribution in [-0.4, -0.2) is 16.6 Å². The Morgan fingerprint density at radius 1 is 1.50 bits per heavy atom. The summed E-state index contributed by atoms with van der Waals surface area (Å²) in [6.07, 6.45) is 0. The molecular weight excluding hydrogens is 168 g/mol. The molecule has 4 heteroatoms. The zero-order valence-corrected chi connectivity index (χ0v) is 6.21. The van der Waals surface area contributed by atoms with Crippen molar-refractivity contribution in [2.75, 3.05) is 5.88 Å². The fourth-order valence-corrected chi connectivity index (χ4v) is 0.574. The molecule has 1 nitrogen and oxygen atoms in total. The first kappa shape index (κ1) is 8.36. The van der Waals surface area contributed by atoms with Crippen molar-refractivity contribution in [3.05, 3.63) is 0 Å². The first-order valence-electron chi connectivity index (χ1n) is 1.96. The van der Waals surface area contributed by atoms with Crippen molar-refractivity contribution in [1.29, 1.82) is 5.26 Å². The van der Waals surface area contributed by atoms with Crippen molar-refractivity contribution in [3.8, 4) is 6.07 Å². The van der Waals surface area contributed by atoms with Crippen LogP contribution in [0.1, 0.15) is 0 Å². The molecule has 0 aromatic carbocycles. The molecule has 0 aliphatic carbocycles. The maximum atomic E-state index is 8.11. The highest BCUT2D eigenvalue weighted by Crippen LogP contribution is 2.09. The van der Waals surface area contributed by atoms with Crippen LogP contribution in [-0.2, 0) is 0 Å². The number of rotatable bonds is 2. The standard InChI is InChI=1S/C4H4Cl3N/c5-1-3(6)4(7)2-8/h3-4H,1H2/t3-,4-/m0/s1. The summed E-state index contributed by atoms with van der Waals surface area (Å²) in [7, 11) is 0. The van der Waals surface area contributed by atoms with Crippen molar-refractivity contribution >= 4 is 34.8 Å². The largest absolute Gasteiger partial charge is 0.197 e. The number of alkyl halides is 3. The summed E-state index contributed by atoms with van der Waals surface area (Å²) in [4.78, 5) is 0. The van der Waals surface area contributed by atoms with Crippen LogP contribution in [0, 0.1) is 11.3 Å². The summed E-state index contributed by atoms with van der Waals surface area (Å²) in [5.74, 6) is 0.212. The Bertz CT molecular complexity index is 97.9. The molecule has 0 spiro atoms. The molecule has 46 valence electrons. The Hall–Kier alpha value is 0.360.